The zero-order valence-electron chi connectivity index (χ0n) is 16.1. The number of rotatable bonds is 6. The summed E-state index contributed by atoms with van der Waals surface area (Å²) in [6.45, 7) is 4.53. The highest BCUT2D eigenvalue weighted by atomic mass is 17.0. The molecule has 3 aliphatic rings. The van der Waals surface area contributed by atoms with Gasteiger partial charge in [-0.1, -0.05) is 18.2 Å². The third-order valence-corrected chi connectivity index (χ3v) is 5.08. The van der Waals surface area contributed by atoms with Crippen LogP contribution in [0.1, 0.15) is 32.3 Å². The average Bonchev–Trinajstić information content (AvgIpc) is 3.23. The van der Waals surface area contributed by atoms with Crippen molar-refractivity contribution in [2.75, 3.05) is 20.3 Å². The second kappa shape index (κ2) is 7.41. The molecular formula is C19H24N2O7. The van der Waals surface area contributed by atoms with Gasteiger partial charge in [0.1, 0.15) is 0 Å². The molecule has 0 bridgehead atoms. The maximum atomic E-state index is 13.0. The van der Waals surface area contributed by atoms with Gasteiger partial charge >= 0.3 is 5.97 Å². The molecule has 4 rings (SSSR count). The summed E-state index contributed by atoms with van der Waals surface area (Å²) in [5.74, 6) is -0.251. The summed E-state index contributed by atoms with van der Waals surface area (Å²) in [7, 11) is 1.32. The summed E-state index contributed by atoms with van der Waals surface area (Å²) >= 11 is 0. The van der Waals surface area contributed by atoms with E-state index in [1.165, 1.54) is 12.3 Å². The van der Waals surface area contributed by atoms with Gasteiger partial charge in [-0.3, -0.25) is 0 Å². The quantitative estimate of drug-likeness (QED) is 0.677. The van der Waals surface area contributed by atoms with Crippen LogP contribution in [0, 0.1) is 0 Å². The van der Waals surface area contributed by atoms with E-state index in [1.54, 1.807) is 0 Å². The summed E-state index contributed by atoms with van der Waals surface area (Å²) in [6, 6.07) is 9.36. The fraction of sp³-hybridized carbons (Fsp3) is 0.579. The first-order valence-corrected chi connectivity index (χ1v) is 9.38. The minimum atomic E-state index is -1.49. The van der Waals surface area contributed by atoms with Crippen LogP contribution >= 0.6 is 0 Å². The van der Waals surface area contributed by atoms with E-state index in [2.05, 4.69) is 0 Å². The van der Waals surface area contributed by atoms with Crippen molar-refractivity contribution < 1.29 is 33.4 Å². The molecular weight excluding hydrogens is 368 g/mol. The van der Waals surface area contributed by atoms with E-state index in [0.29, 0.717) is 19.1 Å². The number of esters is 1. The van der Waals surface area contributed by atoms with Crippen LogP contribution in [0.2, 0.25) is 0 Å². The second-order valence-electron chi connectivity index (χ2n) is 6.67. The third kappa shape index (κ3) is 2.82. The normalized spacial score (nSPS) is 34.3. The monoisotopic (exact) mass is 392 g/mol. The van der Waals surface area contributed by atoms with Gasteiger partial charge in [-0.15, -0.1) is 0 Å². The highest BCUT2D eigenvalue weighted by Crippen LogP contribution is 2.54. The van der Waals surface area contributed by atoms with Crippen molar-refractivity contribution in [3.05, 3.63) is 35.9 Å². The Hall–Kier alpha value is -2.04. The van der Waals surface area contributed by atoms with Gasteiger partial charge in [0.15, 0.2) is 12.6 Å². The topological polar surface area (TPSA) is 88.1 Å². The molecule has 3 heterocycles. The van der Waals surface area contributed by atoms with Gasteiger partial charge in [0.2, 0.25) is 11.6 Å². The van der Waals surface area contributed by atoms with E-state index in [-0.39, 0.29) is 12.8 Å². The summed E-state index contributed by atoms with van der Waals surface area (Å²) in [5, 5.41) is 1.20. The number of carbonyl (C=O) groups excluding carboxylic acids is 1. The molecule has 1 aromatic carbocycles. The molecule has 152 valence electrons. The van der Waals surface area contributed by atoms with Gasteiger partial charge in [0, 0.05) is 25.2 Å². The molecule has 2 saturated heterocycles. The van der Waals surface area contributed by atoms with Crippen molar-refractivity contribution in [3.63, 3.8) is 0 Å². The molecule has 0 amide bonds. The number of ether oxygens (including phenoxy) is 4. The first-order chi connectivity index (χ1) is 13.6. The minimum absolute atomic E-state index is 0.103. The molecule has 3 aliphatic heterocycles. The molecule has 0 N–H and O–H groups in total. The number of methoxy groups -OCH3 is 1. The average molecular weight is 392 g/mol. The number of nitrogens with zero attached hydrogens (tertiary/aromatic N) is 2. The van der Waals surface area contributed by atoms with Crippen molar-refractivity contribution in [3.8, 4) is 0 Å². The summed E-state index contributed by atoms with van der Waals surface area (Å²) in [6.07, 6.45) is -1.06. The molecule has 1 aromatic rings. The predicted octanol–water partition coefficient (Wildman–Crippen LogP) is 1.77. The first-order valence-electron chi connectivity index (χ1n) is 9.38. The van der Waals surface area contributed by atoms with Crippen LogP contribution in [-0.4, -0.2) is 61.3 Å². The minimum Gasteiger partial charge on any atom is -0.466 e. The number of hydrogen-bond donors (Lipinski definition) is 0. The molecule has 2 fully saturated rings. The van der Waals surface area contributed by atoms with E-state index in [0.717, 1.165) is 5.56 Å². The fourth-order valence-electron chi connectivity index (χ4n) is 3.87. The van der Waals surface area contributed by atoms with E-state index in [9.17, 15) is 4.79 Å². The first kappa shape index (κ1) is 19.3. The Labute approximate surface area is 163 Å². The molecule has 1 spiro atoms. The molecule has 9 nitrogen and oxygen atoms in total. The maximum absolute atomic E-state index is 13.0. The number of hydrogen-bond acceptors (Lipinski definition) is 9. The Bertz CT molecular complexity index is 758. The predicted molar refractivity (Wildman–Crippen MR) is 95.6 cm³/mol. The van der Waals surface area contributed by atoms with Gasteiger partial charge in [-0.05, 0) is 31.2 Å². The van der Waals surface area contributed by atoms with E-state index in [1.807, 2.05) is 44.2 Å². The van der Waals surface area contributed by atoms with Crippen LogP contribution in [0.4, 0.5) is 0 Å². The van der Waals surface area contributed by atoms with Gasteiger partial charge in [0.25, 0.3) is 5.60 Å². The second-order valence-corrected chi connectivity index (χ2v) is 6.67. The molecule has 0 aromatic heterocycles. The molecule has 28 heavy (non-hydrogen) atoms. The maximum Gasteiger partial charge on any atom is 0.354 e. The molecule has 0 unspecified atom stereocenters. The van der Waals surface area contributed by atoms with Crippen molar-refractivity contribution in [1.29, 1.82) is 0 Å². The molecule has 9 heteroatoms. The van der Waals surface area contributed by atoms with Crippen molar-refractivity contribution in [2.45, 2.75) is 50.5 Å². The van der Waals surface area contributed by atoms with Gasteiger partial charge < -0.3 is 18.9 Å². The summed E-state index contributed by atoms with van der Waals surface area (Å²) in [5.41, 5.74) is -2.03. The Morgan fingerprint density at radius 3 is 2.39 bits per heavy atom. The van der Waals surface area contributed by atoms with Crippen LogP contribution < -0.4 is 0 Å². The largest absolute Gasteiger partial charge is 0.466 e. The number of hydroxylamine groups is 2. The fourth-order valence-corrected chi connectivity index (χ4v) is 3.87. The van der Waals surface area contributed by atoms with Crippen molar-refractivity contribution in [1.82, 2.24) is 5.23 Å². The summed E-state index contributed by atoms with van der Waals surface area (Å²) in [4.78, 5) is 29.5. The van der Waals surface area contributed by atoms with Crippen LogP contribution in [0.3, 0.4) is 0 Å². The van der Waals surface area contributed by atoms with Crippen LogP contribution in [0.15, 0.2) is 35.3 Å². The zero-order valence-corrected chi connectivity index (χ0v) is 16.1. The molecule has 0 saturated carbocycles. The van der Waals surface area contributed by atoms with Crippen molar-refractivity contribution in [2.24, 2.45) is 4.99 Å². The molecule has 0 aliphatic carbocycles. The SMILES string of the molecule is CCO[C@H]1C[C@@]2(C(=O)OC)OC(c3ccccc3)=N[C@]23C[C@@H](OCC)ON3O1. The lowest BCUT2D eigenvalue weighted by Gasteiger charge is -2.46. The van der Waals surface area contributed by atoms with E-state index < -0.39 is 29.8 Å². The standard InChI is InChI=1S/C19H24N2O7/c1-4-24-14-11-18(17(22)23-3)19(12-15(25-5-2)28-21(19)27-14)20-16(26-18)13-9-7-6-8-10-13/h6-10,14-15H,4-5,11-12H2,1-3H3/t14-,15+,18+,19+/m1/s1. The zero-order chi connectivity index (χ0) is 19.8. The highest BCUT2D eigenvalue weighted by Gasteiger charge is 2.75. The van der Waals surface area contributed by atoms with Crippen LogP contribution in [0.25, 0.3) is 0 Å². The Kier molecular flexibility index (Phi) is 5.11. The Morgan fingerprint density at radius 1 is 1.14 bits per heavy atom. The van der Waals surface area contributed by atoms with Crippen LogP contribution in [0.5, 0.6) is 0 Å². The lowest BCUT2D eigenvalue weighted by Crippen LogP contribution is -2.68. The Morgan fingerprint density at radius 2 is 1.79 bits per heavy atom. The third-order valence-electron chi connectivity index (χ3n) is 5.08. The lowest BCUT2D eigenvalue weighted by molar-refractivity contribution is -0.478. The highest BCUT2D eigenvalue weighted by molar-refractivity contribution is 6.00. The number of aliphatic imine (C=N–C) groups is 1. The van der Waals surface area contributed by atoms with Crippen molar-refractivity contribution >= 4 is 11.9 Å². The smallest absolute Gasteiger partial charge is 0.354 e. The van der Waals surface area contributed by atoms with Gasteiger partial charge in [0.05, 0.1) is 13.5 Å². The number of carbonyl (C=O) groups is 1. The van der Waals surface area contributed by atoms with E-state index >= 15 is 0 Å². The van der Waals surface area contributed by atoms with Gasteiger partial charge in [-0.2, -0.15) is 0 Å². The lowest BCUT2D eigenvalue weighted by atomic mass is 9.82. The number of benzene rings is 1. The molecule has 0 radical (unpaired) electrons. The van der Waals surface area contributed by atoms with E-state index in [4.69, 9.17) is 33.6 Å². The van der Waals surface area contributed by atoms with Crippen LogP contribution in [-0.2, 0) is 33.4 Å². The Balaban J connectivity index is 1.81. The van der Waals surface area contributed by atoms with Gasteiger partial charge in [-0.25, -0.2) is 19.5 Å². The molecule has 4 atom stereocenters. The summed E-state index contributed by atoms with van der Waals surface area (Å²) < 4.78 is 22.6.